The average Bonchev–Trinajstić information content (AvgIpc) is 3.32. The molecule has 1 heterocycles. The minimum Gasteiger partial charge on any atom is -0.488 e. The number of thiazole rings is 1. The van der Waals surface area contributed by atoms with Gasteiger partial charge in [-0.2, -0.15) is 0 Å². The molecule has 0 bridgehead atoms. The van der Waals surface area contributed by atoms with Gasteiger partial charge in [0.15, 0.2) is 5.13 Å². The molecule has 1 aromatic heterocycles. The van der Waals surface area contributed by atoms with E-state index >= 15 is 0 Å². The Morgan fingerprint density at radius 1 is 1.06 bits per heavy atom. The van der Waals surface area contributed by atoms with Crippen LogP contribution in [0.1, 0.15) is 35.3 Å². The van der Waals surface area contributed by atoms with Gasteiger partial charge in [-0.25, -0.2) is 9.78 Å². The minimum absolute atomic E-state index is 0.200. The second kappa shape index (κ2) is 10.7. The van der Waals surface area contributed by atoms with Gasteiger partial charge in [-0.15, -0.1) is 11.3 Å². The average molecular weight is 493 g/mol. The lowest BCUT2D eigenvalue weighted by molar-refractivity contribution is 0.0697. The molecule has 0 unspecified atom stereocenters. The van der Waals surface area contributed by atoms with Gasteiger partial charge in [0.05, 0.1) is 11.3 Å². The molecule has 0 aliphatic heterocycles. The molecule has 5 nitrogen and oxygen atoms in total. The highest BCUT2D eigenvalue weighted by molar-refractivity contribution is 7.14. The van der Waals surface area contributed by atoms with E-state index in [1.54, 1.807) is 23.5 Å². The van der Waals surface area contributed by atoms with Gasteiger partial charge in [0.2, 0.25) is 0 Å². The molecule has 0 aliphatic rings. The fourth-order valence-corrected chi connectivity index (χ4v) is 4.63. The third kappa shape index (κ3) is 5.76. The van der Waals surface area contributed by atoms with E-state index in [1.165, 1.54) is 0 Å². The predicted octanol–water partition coefficient (Wildman–Crippen LogP) is 7.16. The third-order valence-electron chi connectivity index (χ3n) is 5.37. The minimum atomic E-state index is -0.927. The number of halogens is 1. The molecule has 1 N–H and O–H groups in total. The second-order valence-corrected chi connectivity index (χ2v) is 9.43. The molecule has 0 saturated heterocycles. The van der Waals surface area contributed by atoms with E-state index in [1.807, 2.05) is 66.0 Å². The summed E-state index contributed by atoms with van der Waals surface area (Å²) in [5.41, 5.74) is 4.03. The van der Waals surface area contributed by atoms with E-state index in [9.17, 15) is 4.79 Å². The van der Waals surface area contributed by atoms with Crippen LogP contribution in [0.3, 0.4) is 0 Å². The summed E-state index contributed by atoms with van der Waals surface area (Å²) in [6.45, 7) is 5.30. The fraction of sp³-hybridized carbons (Fsp3) is 0.185. The molecule has 0 radical (unpaired) electrons. The zero-order valence-electron chi connectivity index (χ0n) is 18.9. The van der Waals surface area contributed by atoms with E-state index < -0.39 is 5.97 Å². The van der Waals surface area contributed by atoms with Crippen molar-refractivity contribution in [2.24, 2.45) is 0 Å². The van der Waals surface area contributed by atoms with Crippen molar-refractivity contribution in [2.45, 2.75) is 33.0 Å². The van der Waals surface area contributed by atoms with Crippen LogP contribution in [-0.4, -0.2) is 22.1 Å². The van der Waals surface area contributed by atoms with Crippen molar-refractivity contribution in [2.75, 3.05) is 4.90 Å². The van der Waals surface area contributed by atoms with E-state index in [2.05, 4.69) is 18.7 Å². The Kier molecular flexibility index (Phi) is 7.50. The van der Waals surface area contributed by atoms with Crippen LogP contribution in [0.5, 0.6) is 5.75 Å². The first-order valence-corrected chi connectivity index (χ1v) is 12.2. The number of hydrogen-bond acceptors (Lipinski definition) is 5. The summed E-state index contributed by atoms with van der Waals surface area (Å²) in [6.07, 6.45) is 0. The number of nitrogens with zero attached hydrogens (tertiary/aromatic N) is 2. The number of aromatic carboxylic acids is 1. The smallest absolute Gasteiger partial charge is 0.335 e. The molecular formula is C27H25ClN2O3S. The number of aromatic nitrogens is 1. The lowest BCUT2D eigenvalue weighted by atomic mass is 10.1. The molecular weight excluding hydrogens is 468 g/mol. The Morgan fingerprint density at radius 2 is 1.79 bits per heavy atom. The standard InChI is InChI=1S/C27H25ClN2O3S/c1-18(2)30(15-19-8-10-21(11-9-19)26(31)32)27-29-24(17-34-27)23-14-22(28)12-13-25(23)33-16-20-6-4-3-5-7-20/h3-14,17-18H,15-16H2,1-2H3,(H,31,32). The van der Waals surface area contributed by atoms with E-state index in [4.69, 9.17) is 26.4 Å². The van der Waals surface area contributed by atoms with Crippen LogP contribution in [0, 0.1) is 0 Å². The quantitative estimate of drug-likeness (QED) is 0.268. The summed E-state index contributed by atoms with van der Waals surface area (Å²) in [5, 5.41) is 12.7. The lowest BCUT2D eigenvalue weighted by Gasteiger charge is -2.26. The number of carbonyl (C=O) groups is 1. The molecule has 0 saturated carbocycles. The summed E-state index contributed by atoms with van der Waals surface area (Å²) < 4.78 is 6.12. The maximum atomic E-state index is 11.1. The van der Waals surface area contributed by atoms with Gasteiger partial charge >= 0.3 is 5.97 Å². The topological polar surface area (TPSA) is 62.7 Å². The number of ether oxygens (including phenoxy) is 1. The second-order valence-electron chi connectivity index (χ2n) is 8.15. The first-order valence-electron chi connectivity index (χ1n) is 10.9. The fourth-order valence-electron chi connectivity index (χ4n) is 3.50. The third-order valence-corrected chi connectivity index (χ3v) is 6.48. The zero-order valence-corrected chi connectivity index (χ0v) is 20.5. The number of hydrogen-bond donors (Lipinski definition) is 1. The largest absolute Gasteiger partial charge is 0.488 e. The zero-order chi connectivity index (χ0) is 24.1. The first kappa shape index (κ1) is 23.8. The highest BCUT2D eigenvalue weighted by Gasteiger charge is 2.18. The van der Waals surface area contributed by atoms with Crippen molar-refractivity contribution in [3.63, 3.8) is 0 Å². The highest BCUT2D eigenvalue weighted by atomic mass is 35.5. The Labute approximate surface area is 208 Å². The van der Waals surface area contributed by atoms with Gasteiger partial charge in [-0.3, -0.25) is 0 Å². The van der Waals surface area contributed by atoms with Gasteiger partial charge in [0.1, 0.15) is 12.4 Å². The molecule has 3 aromatic carbocycles. The lowest BCUT2D eigenvalue weighted by Crippen LogP contribution is -2.30. The van der Waals surface area contributed by atoms with Gasteiger partial charge in [0.25, 0.3) is 0 Å². The molecule has 174 valence electrons. The maximum absolute atomic E-state index is 11.1. The van der Waals surface area contributed by atoms with Crippen molar-refractivity contribution in [3.05, 3.63) is 99.9 Å². The molecule has 0 fully saturated rings. The Hall–Kier alpha value is -3.35. The normalized spacial score (nSPS) is 10.9. The first-order chi connectivity index (χ1) is 16.4. The molecule has 7 heteroatoms. The summed E-state index contributed by atoms with van der Waals surface area (Å²) >= 11 is 7.87. The van der Waals surface area contributed by atoms with Crippen LogP contribution >= 0.6 is 22.9 Å². The number of anilines is 1. The highest BCUT2D eigenvalue weighted by Crippen LogP contribution is 2.36. The van der Waals surface area contributed by atoms with Crippen molar-refractivity contribution >= 4 is 34.0 Å². The molecule has 0 amide bonds. The molecule has 0 aliphatic carbocycles. The van der Waals surface area contributed by atoms with Gasteiger partial charge in [0, 0.05) is 28.6 Å². The van der Waals surface area contributed by atoms with Gasteiger partial charge in [-0.05, 0) is 55.3 Å². The van der Waals surface area contributed by atoms with Crippen LogP contribution in [0.15, 0.2) is 78.2 Å². The molecule has 0 atom stereocenters. The van der Waals surface area contributed by atoms with Crippen molar-refractivity contribution in [3.8, 4) is 17.0 Å². The summed E-state index contributed by atoms with van der Waals surface area (Å²) in [7, 11) is 0. The van der Waals surface area contributed by atoms with Crippen molar-refractivity contribution < 1.29 is 14.6 Å². The van der Waals surface area contributed by atoms with Gasteiger partial charge < -0.3 is 14.7 Å². The van der Waals surface area contributed by atoms with Crippen LogP contribution < -0.4 is 9.64 Å². The summed E-state index contributed by atoms with van der Waals surface area (Å²) in [6, 6.07) is 22.8. The van der Waals surface area contributed by atoms with Crippen LogP contribution in [0.4, 0.5) is 5.13 Å². The number of carboxylic acid groups (broad SMARTS) is 1. The van der Waals surface area contributed by atoms with Crippen molar-refractivity contribution in [1.29, 1.82) is 0 Å². The Balaban J connectivity index is 1.57. The Bertz CT molecular complexity index is 1260. The number of benzene rings is 3. The van der Waals surface area contributed by atoms with Crippen LogP contribution in [0.2, 0.25) is 5.02 Å². The van der Waals surface area contributed by atoms with E-state index in [0.717, 1.165) is 33.3 Å². The van der Waals surface area contributed by atoms with Crippen molar-refractivity contribution in [1.82, 2.24) is 4.98 Å². The maximum Gasteiger partial charge on any atom is 0.335 e. The predicted molar refractivity (Wildman–Crippen MR) is 138 cm³/mol. The molecule has 0 spiro atoms. The molecule has 4 aromatic rings. The number of rotatable bonds is 9. The number of carboxylic acids is 1. The van der Waals surface area contributed by atoms with Crippen LogP contribution in [-0.2, 0) is 13.2 Å². The summed E-state index contributed by atoms with van der Waals surface area (Å²) in [5.74, 6) is -0.200. The van der Waals surface area contributed by atoms with Gasteiger partial charge in [-0.1, -0.05) is 54.1 Å². The molecule has 34 heavy (non-hydrogen) atoms. The summed E-state index contributed by atoms with van der Waals surface area (Å²) in [4.78, 5) is 18.2. The van der Waals surface area contributed by atoms with E-state index in [0.29, 0.717) is 18.2 Å². The SMILES string of the molecule is CC(C)N(Cc1ccc(C(=O)O)cc1)c1nc(-c2cc(Cl)ccc2OCc2ccccc2)cs1. The van der Waals surface area contributed by atoms with E-state index in [-0.39, 0.29) is 11.6 Å². The van der Waals surface area contributed by atoms with Crippen LogP contribution in [0.25, 0.3) is 11.3 Å². The Morgan fingerprint density at radius 3 is 2.47 bits per heavy atom. The monoisotopic (exact) mass is 492 g/mol. The molecule has 4 rings (SSSR count).